The minimum absolute atomic E-state index is 0.132. The molecule has 0 bridgehead atoms. The van der Waals surface area contributed by atoms with Gasteiger partial charge in [-0.3, -0.25) is 14.7 Å². The summed E-state index contributed by atoms with van der Waals surface area (Å²) >= 11 is 0. The highest BCUT2D eigenvalue weighted by Gasteiger charge is 2.30. The highest BCUT2D eigenvalue weighted by Crippen LogP contribution is 2.38. The number of nitrogens with zero attached hydrogens (tertiary/aromatic N) is 2. The van der Waals surface area contributed by atoms with Crippen LogP contribution in [0.1, 0.15) is 122 Å². The van der Waals surface area contributed by atoms with Gasteiger partial charge in [-0.05, 0) is 107 Å². The molecule has 0 radical (unpaired) electrons. The zero-order valence-electron chi connectivity index (χ0n) is 36.4. The van der Waals surface area contributed by atoms with Gasteiger partial charge < -0.3 is 31.0 Å². The molecule has 1 saturated carbocycles. The number of esters is 1. The Morgan fingerprint density at radius 3 is 2.18 bits per heavy atom. The van der Waals surface area contributed by atoms with E-state index < -0.39 is 0 Å². The molecule has 5 rings (SSSR count). The molecular weight excluding hydrogens is 711 g/mol. The van der Waals surface area contributed by atoms with Gasteiger partial charge in [0.2, 0.25) is 0 Å². The van der Waals surface area contributed by atoms with Crippen molar-refractivity contribution in [3.63, 3.8) is 0 Å². The Labute approximate surface area is 347 Å². The Hall–Kier alpha value is -4.65. The summed E-state index contributed by atoms with van der Waals surface area (Å²) in [5, 5.41) is 15.6. The molecule has 0 spiro atoms. The number of para-hydroxylation sites is 1. The van der Waals surface area contributed by atoms with Gasteiger partial charge in [0.25, 0.3) is 0 Å². The predicted octanol–water partition coefficient (Wildman–Crippen LogP) is 9.52. The summed E-state index contributed by atoms with van der Waals surface area (Å²) < 4.78 is 5.05. The minimum Gasteiger partial charge on any atom is -0.463 e. The molecule has 3 aliphatic rings. The largest absolute Gasteiger partial charge is 0.463 e. The number of aliphatic hydroxyl groups excluding tert-OH is 1. The highest BCUT2D eigenvalue weighted by atomic mass is 16.5. The standard InChI is InChI=1S/C21H30N2.C11H17N3O.C8H14O2.C3H8.C2H4.C2H2.CH2O/c1-4-13-23(14-5-2)21-19-11-8-16(3)15-18(19)10-9-17-7-6-12-22-20(17)21;12-11(9-15)14-8-4-7-13-10-5-2-1-3-6-10;1-7(9)10-8-5-3-2-4-6-8;1-3-2;3*1-2/h6-8,11,15,21-22H,4-5,9-10,12-14H2,1-3H3;1-3,5-6,13,15H,4,7-9H2,(H2,12,14);8H,2-6H2,1H3;3H2,1-2H3;1-2H2;1-2H;1H2/t21-;;;;;;/m1....../s1. The second-order valence-electron chi connectivity index (χ2n) is 13.6. The first-order valence-corrected chi connectivity index (χ1v) is 20.7. The maximum atomic E-state index is 10.5. The van der Waals surface area contributed by atoms with E-state index in [9.17, 15) is 4.79 Å². The quantitative estimate of drug-likeness (QED) is 0.0418. The van der Waals surface area contributed by atoms with Gasteiger partial charge in [0, 0.05) is 37.9 Å². The van der Waals surface area contributed by atoms with E-state index in [0.29, 0.717) is 18.4 Å². The number of nitrogens with one attached hydrogen (secondary N) is 2. The molecule has 0 unspecified atom stereocenters. The van der Waals surface area contributed by atoms with E-state index in [4.69, 9.17) is 20.4 Å². The first kappa shape index (κ1) is 54.5. The number of carbonyl (C=O) groups excluding carboxylic acids is 2. The second kappa shape index (κ2) is 37.0. The smallest absolute Gasteiger partial charge is 0.302 e. The zero-order valence-corrected chi connectivity index (χ0v) is 36.4. The van der Waals surface area contributed by atoms with E-state index >= 15 is 0 Å². The third-order valence-corrected chi connectivity index (χ3v) is 8.79. The minimum atomic E-state index is -0.161. The van der Waals surface area contributed by atoms with Crippen molar-refractivity contribution in [1.29, 1.82) is 0 Å². The lowest BCUT2D eigenvalue weighted by atomic mass is 9.94. The van der Waals surface area contributed by atoms with Crippen molar-refractivity contribution < 1.29 is 19.4 Å². The summed E-state index contributed by atoms with van der Waals surface area (Å²) in [7, 11) is 0. The van der Waals surface area contributed by atoms with Crippen molar-refractivity contribution >= 4 is 24.3 Å². The van der Waals surface area contributed by atoms with Gasteiger partial charge in [-0.1, -0.05) is 94.7 Å². The van der Waals surface area contributed by atoms with Crippen molar-refractivity contribution in [3.8, 4) is 12.8 Å². The van der Waals surface area contributed by atoms with Crippen LogP contribution >= 0.6 is 0 Å². The SMILES string of the molecule is C#C.C=C.C=O.CC(=O)OC1CCCCC1.CCC.CCCN(CCC)[C@H]1C2=C(C=CCN2)CCc2cc(C)ccc21.NC(CO)=NCCCNc1ccccc1. The molecule has 0 aromatic heterocycles. The number of hydrogen-bond donors (Lipinski definition) is 4. The van der Waals surface area contributed by atoms with Crippen LogP contribution in [0.3, 0.4) is 0 Å². The number of nitrogens with two attached hydrogens (primary N) is 1. The fourth-order valence-corrected chi connectivity index (χ4v) is 6.59. The summed E-state index contributed by atoms with van der Waals surface area (Å²) in [5.41, 5.74) is 13.9. The predicted molar refractivity (Wildman–Crippen MR) is 245 cm³/mol. The van der Waals surface area contributed by atoms with Gasteiger partial charge in [0.1, 0.15) is 25.3 Å². The summed E-state index contributed by atoms with van der Waals surface area (Å²) in [6, 6.07) is 17.5. The van der Waals surface area contributed by atoms with Crippen molar-refractivity contribution in [2.24, 2.45) is 10.7 Å². The number of dihydropyridines is 1. The molecule has 5 N–H and O–H groups in total. The van der Waals surface area contributed by atoms with E-state index in [2.05, 4.69) is 112 Å². The van der Waals surface area contributed by atoms with Crippen LogP contribution in [-0.4, -0.2) is 74.0 Å². The summed E-state index contributed by atoms with van der Waals surface area (Å²) in [4.78, 5) is 25.1. The number of aryl methyl sites for hydroxylation is 2. The fraction of sp³-hybridized carbons (Fsp3) is 0.521. The lowest BCUT2D eigenvalue weighted by Crippen LogP contribution is -2.37. The van der Waals surface area contributed by atoms with Crippen molar-refractivity contribution in [2.45, 2.75) is 124 Å². The first-order valence-electron chi connectivity index (χ1n) is 20.7. The molecule has 57 heavy (non-hydrogen) atoms. The average molecular weight is 788 g/mol. The van der Waals surface area contributed by atoms with E-state index in [-0.39, 0.29) is 18.7 Å². The average Bonchev–Trinajstić information content (AvgIpc) is 3.40. The van der Waals surface area contributed by atoms with Crippen molar-refractivity contribution in [3.05, 3.63) is 102 Å². The van der Waals surface area contributed by atoms with E-state index in [1.54, 1.807) is 0 Å². The number of ether oxygens (including phenoxy) is 1. The normalized spacial score (nSPS) is 15.2. The molecule has 1 atom stereocenters. The van der Waals surface area contributed by atoms with Crippen LogP contribution in [0.25, 0.3) is 0 Å². The molecular formula is C48H77N5O4. The van der Waals surface area contributed by atoms with Crippen LogP contribution in [0.15, 0.2) is 90.1 Å². The monoisotopic (exact) mass is 788 g/mol. The summed E-state index contributed by atoms with van der Waals surface area (Å²) in [6.07, 6.45) is 25.6. The van der Waals surface area contributed by atoms with Crippen LogP contribution in [0.2, 0.25) is 0 Å². The Morgan fingerprint density at radius 1 is 1.00 bits per heavy atom. The summed E-state index contributed by atoms with van der Waals surface area (Å²) in [5.74, 6) is 0.168. The molecule has 9 nitrogen and oxygen atoms in total. The summed E-state index contributed by atoms with van der Waals surface area (Å²) in [6.45, 7) is 25.1. The Balaban J connectivity index is 0. The molecule has 2 aromatic rings. The zero-order chi connectivity index (χ0) is 43.3. The van der Waals surface area contributed by atoms with Crippen LogP contribution in [0, 0.1) is 19.8 Å². The van der Waals surface area contributed by atoms with Crippen LogP contribution in [0.4, 0.5) is 5.69 Å². The van der Waals surface area contributed by atoms with Crippen LogP contribution in [-0.2, 0) is 20.7 Å². The third kappa shape index (κ3) is 23.9. The Bertz CT molecular complexity index is 1410. The maximum Gasteiger partial charge on any atom is 0.302 e. The third-order valence-electron chi connectivity index (χ3n) is 8.79. The lowest BCUT2D eigenvalue weighted by molar-refractivity contribution is -0.147. The lowest BCUT2D eigenvalue weighted by Gasteiger charge is -2.35. The fourth-order valence-electron chi connectivity index (χ4n) is 6.59. The van der Waals surface area contributed by atoms with Gasteiger partial charge in [-0.2, -0.15) is 0 Å². The number of amidine groups is 1. The van der Waals surface area contributed by atoms with Crippen molar-refractivity contribution in [1.82, 2.24) is 10.2 Å². The number of anilines is 1. The van der Waals surface area contributed by atoms with E-state index in [1.165, 1.54) is 73.4 Å². The van der Waals surface area contributed by atoms with Gasteiger partial charge in [-0.25, -0.2) is 0 Å². The Morgan fingerprint density at radius 2 is 1.61 bits per heavy atom. The number of benzene rings is 2. The van der Waals surface area contributed by atoms with Gasteiger partial charge in [-0.15, -0.1) is 26.0 Å². The molecule has 318 valence electrons. The number of hydrogen-bond acceptors (Lipinski definition) is 8. The number of aliphatic hydroxyl groups is 1. The second-order valence-corrected chi connectivity index (χ2v) is 13.6. The highest BCUT2D eigenvalue weighted by molar-refractivity contribution is 5.81. The molecule has 1 heterocycles. The van der Waals surface area contributed by atoms with Crippen molar-refractivity contribution in [2.75, 3.05) is 44.6 Å². The maximum absolute atomic E-state index is 10.5. The molecule has 0 saturated heterocycles. The molecule has 1 fully saturated rings. The molecule has 2 aliphatic carbocycles. The number of aliphatic imine (C=N–C) groups is 1. The molecule has 9 heteroatoms. The molecule has 1 aliphatic heterocycles. The van der Waals surface area contributed by atoms with Gasteiger partial charge in [0.15, 0.2) is 0 Å². The number of rotatable bonds is 12. The Kier molecular flexibility index (Phi) is 35.3. The van der Waals surface area contributed by atoms with Gasteiger partial charge >= 0.3 is 5.97 Å². The number of fused-ring (bicyclic) bond motifs is 1. The number of terminal acetylenes is 1. The number of allylic oxidation sites excluding steroid dienone is 2. The topological polar surface area (TPSA) is 129 Å². The van der Waals surface area contributed by atoms with E-state index in [0.717, 1.165) is 64.0 Å². The van der Waals surface area contributed by atoms with Crippen LogP contribution in [0.5, 0.6) is 0 Å². The number of carbonyl (C=O) groups is 2. The molecule has 0 amide bonds. The van der Waals surface area contributed by atoms with Gasteiger partial charge in [0.05, 0.1) is 6.04 Å². The first-order chi connectivity index (χ1) is 27.8. The van der Waals surface area contributed by atoms with E-state index in [1.807, 2.05) is 37.1 Å². The van der Waals surface area contributed by atoms with Crippen LogP contribution < -0.4 is 16.4 Å². The molecule has 2 aromatic carbocycles.